The molecule has 0 radical (unpaired) electrons. The van der Waals surface area contributed by atoms with Crippen molar-refractivity contribution >= 4 is 0 Å². The lowest BCUT2D eigenvalue weighted by molar-refractivity contribution is 0.0880. The molecule has 2 aromatic rings. The van der Waals surface area contributed by atoms with Crippen molar-refractivity contribution in [3.8, 4) is 23.0 Å². The number of aliphatic hydroxyl groups is 1. The smallest absolute Gasteiger partial charge is 0.160 e. The van der Waals surface area contributed by atoms with Gasteiger partial charge in [0.15, 0.2) is 11.5 Å². The van der Waals surface area contributed by atoms with Gasteiger partial charge in [0.1, 0.15) is 11.5 Å². The fraction of sp³-hybridized carbons (Fsp3) is 0.294. The van der Waals surface area contributed by atoms with Crippen LogP contribution in [0.15, 0.2) is 30.3 Å². The molecule has 2 atom stereocenters. The van der Waals surface area contributed by atoms with Gasteiger partial charge in [0.2, 0.25) is 0 Å². The van der Waals surface area contributed by atoms with E-state index in [1.54, 1.807) is 37.3 Å². The summed E-state index contributed by atoms with van der Waals surface area (Å²) < 4.78 is 10.9. The van der Waals surface area contributed by atoms with Crippen LogP contribution in [0.1, 0.15) is 28.7 Å². The predicted molar refractivity (Wildman–Crippen MR) is 80.7 cm³/mol. The molecule has 1 aliphatic rings. The van der Waals surface area contributed by atoms with Gasteiger partial charge in [-0.25, -0.2) is 0 Å². The Morgan fingerprint density at radius 1 is 1.14 bits per heavy atom. The number of hydrogen-bond donors (Lipinski definition) is 3. The molecular formula is C17H18O5. The van der Waals surface area contributed by atoms with Crippen molar-refractivity contribution in [2.75, 3.05) is 13.7 Å². The lowest BCUT2D eigenvalue weighted by Gasteiger charge is -2.32. The van der Waals surface area contributed by atoms with Gasteiger partial charge in [-0.15, -0.1) is 0 Å². The van der Waals surface area contributed by atoms with Gasteiger partial charge in [0.05, 0.1) is 19.8 Å². The highest BCUT2D eigenvalue weighted by atomic mass is 16.5. The molecule has 0 amide bonds. The maximum Gasteiger partial charge on any atom is 0.160 e. The summed E-state index contributed by atoms with van der Waals surface area (Å²) in [5, 5.41) is 30.1. The van der Waals surface area contributed by atoms with Crippen molar-refractivity contribution in [1.82, 2.24) is 0 Å². The van der Waals surface area contributed by atoms with E-state index in [2.05, 4.69) is 0 Å². The van der Waals surface area contributed by atoms with Crippen LogP contribution in [-0.2, 0) is 0 Å². The third-order valence-corrected chi connectivity index (χ3v) is 4.15. The Kier molecular flexibility index (Phi) is 3.58. The first-order chi connectivity index (χ1) is 10.5. The number of methoxy groups -OCH3 is 1. The summed E-state index contributed by atoms with van der Waals surface area (Å²) in [7, 11) is 1.48. The highest BCUT2D eigenvalue weighted by Crippen LogP contribution is 2.45. The van der Waals surface area contributed by atoms with Gasteiger partial charge < -0.3 is 24.8 Å². The maximum absolute atomic E-state index is 10.7. The van der Waals surface area contributed by atoms with E-state index in [1.165, 1.54) is 7.11 Å². The Morgan fingerprint density at radius 2 is 1.86 bits per heavy atom. The fourth-order valence-electron chi connectivity index (χ4n) is 2.81. The van der Waals surface area contributed by atoms with Crippen LogP contribution >= 0.6 is 0 Å². The van der Waals surface area contributed by atoms with Gasteiger partial charge in [0, 0.05) is 17.0 Å². The van der Waals surface area contributed by atoms with E-state index in [4.69, 9.17) is 9.47 Å². The van der Waals surface area contributed by atoms with Crippen LogP contribution in [0, 0.1) is 6.92 Å². The minimum Gasteiger partial charge on any atom is -0.508 e. The van der Waals surface area contributed by atoms with E-state index < -0.39 is 6.10 Å². The highest BCUT2D eigenvalue weighted by Gasteiger charge is 2.32. The largest absolute Gasteiger partial charge is 0.508 e. The van der Waals surface area contributed by atoms with Crippen molar-refractivity contribution in [3.63, 3.8) is 0 Å². The molecule has 0 aromatic heterocycles. The van der Waals surface area contributed by atoms with Crippen molar-refractivity contribution in [2.45, 2.75) is 18.9 Å². The molecule has 0 fully saturated rings. The molecule has 0 bridgehead atoms. The Balaban J connectivity index is 1.99. The van der Waals surface area contributed by atoms with Gasteiger partial charge in [0.25, 0.3) is 0 Å². The summed E-state index contributed by atoms with van der Waals surface area (Å²) >= 11 is 0. The minimum absolute atomic E-state index is 0.0543. The van der Waals surface area contributed by atoms with E-state index in [9.17, 15) is 15.3 Å². The molecule has 0 saturated carbocycles. The molecule has 22 heavy (non-hydrogen) atoms. The van der Waals surface area contributed by atoms with Gasteiger partial charge in [-0.3, -0.25) is 0 Å². The van der Waals surface area contributed by atoms with Gasteiger partial charge >= 0.3 is 0 Å². The maximum atomic E-state index is 10.7. The van der Waals surface area contributed by atoms with Crippen LogP contribution in [0.25, 0.3) is 0 Å². The first-order valence-electron chi connectivity index (χ1n) is 7.03. The number of benzene rings is 2. The van der Waals surface area contributed by atoms with E-state index in [-0.39, 0.29) is 24.0 Å². The van der Waals surface area contributed by atoms with Gasteiger partial charge in [-0.2, -0.15) is 0 Å². The standard InChI is InChI=1S/C17H18O5/c1-9-13(18)6-4-11-16(20)12(8-22-17(9)11)10-3-5-14(19)15(7-10)21-2/h3-7,12,16,18-20H,8H2,1-2H3. The Bertz CT molecular complexity index is 710. The van der Waals surface area contributed by atoms with Crippen molar-refractivity contribution in [1.29, 1.82) is 0 Å². The molecule has 1 heterocycles. The number of rotatable bonds is 2. The van der Waals surface area contributed by atoms with E-state index >= 15 is 0 Å². The first-order valence-corrected chi connectivity index (χ1v) is 7.03. The molecule has 1 aliphatic heterocycles. The zero-order chi connectivity index (χ0) is 15.9. The summed E-state index contributed by atoms with van der Waals surface area (Å²) in [4.78, 5) is 0. The molecule has 3 rings (SSSR count). The van der Waals surface area contributed by atoms with Gasteiger partial charge in [-0.05, 0) is 36.8 Å². The number of ether oxygens (including phenoxy) is 2. The zero-order valence-corrected chi connectivity index (χ0v) is 12.4. The van der Waals surface area contributed by atoms with Gasteiger partial charge in [-0.1, -0.05) is 6.07 Å². The van der Waals surface area contributed by atoms with Crippen molar-refractivity contribution in [3.05, 3.63) is 47.0 Å². The molecule has 0 aliphatic carbocycles. The average molecular weight is 302 g/mol. The monoisotopic (exact) mass is 302 g/mol. The Morgan fingerprint density at radius 3 is 2.59 bits per heavy atom. The SMILES string of the molecule is COc1cc(C2COc3c(ccc(O)c3C)C2O)ccc1O. The minimum atomic E-state index is -0.753. The van der Waals surface area contributed by atoms with Crippen molar-refractivity contribution < 1.29 is 24.8 Å². The molecule has 2 aromatic carbocycles. The van der Waals surface area contributed by atoms with Crippen LogP contribution in [-0.4, -0.2) is 29.0 Å². The summed E-state index contributed by atoms with van der Waals surface area (Å²) in [6, 6.07) is 8.21. The molecule has 0 spiro atoms. The summed E-state index contributed by atoms with van der Waals surface area (Å²) in [6.07, 6.45) is -0.753. The first kappa shape index (κ1) is 14.5. The van der Waals surface area contributed by atoms with Crippen molar-refractivity contribution in [2.24, 2.45) is 0 Å². The number of aromatic hydroxyl groups is 2. The molecule has 0 saturated heterocycles. The third-order valence-electron chi connectivity index (χ3n) is 4.15. The van der Waals surface area contributed by atoms with Crippen LogP contribution in [0.3, 0.4) is 0 Å². The average Bonchev–Trinajstić information content (AvgIpc) is 2.52. The molecule has 2 unspecified atom stereocenters. The predicted octanol–water partition coefficient (Wildman–Crippen LogP) is 2.62. The fourth-order valence-corrected chi connectivity index (χ4v) is 2.81. The van der Waals surface area contributed by atoms with E-state index in [0.717, 1.165) is 5.56 Å². The quantitative estimate of drug-likeness (QED) is 0.794. The number of hydrogen-bond acceptors (Lipinski definition) is 5. The third kappa shape index (κ3) is 2.23. The number of fused-ring (bicyclic) bond motifs is 1. The summed E-state index contributed by atoms with van der Waals surface area (Å²) in [5.74, 6) is 0.826. The van der Waals surface area contributed by atoms with Crippen LogP contribution < -0.4 is 9.47 Å². The molecule has 3 N–H and O–H groups in total. The van der Waals surface area contributed by atoms with Crippen LogP contribution in [0.5, 0.6) is 23.0 Å². The normalized spacial score (nSPS) is 20.1. The molecule has 5 nitrogen and oxygen atoms in total. The number of phenols is 2. The lowest BCUT2D eigenvalue weighted by atomic mass is 9.86. The second-order valence-electron chi connectivity index (χ2n) is 5.42. The molecule has 5 heteroatoms. The number of aliphatic hydroxyl groups excluding tert-OH is 1. The van der Waals surface area contributed by atoms with Crippen LogP contribution in [0.4, 0.5) is 0 Å². The zero-order valence-electron chi connectivity index (χ0n) is 12.4. The summed E-state index contributed by atoms with van der Waals surface area (Å²) in [5.41, 5.74) is 2.09. The second kappa shape index (κ2) is 5.42. The Labute approximate surface area is 128 Å². The number of phenolic OH excluding ortho intramolecular Hbond substituents is 2. The molecule has 116 valence electrons. The topological polar surface area (TPSA) is 79.2 Å². The molecular weight excluding hydrogens is 284 g/mol. The second-order valence-corrected chi connectivity index (χ2v) is 5.42. The van der Waals surface area contributed by atoms with E-state index in [1.807, 2.05) is 0 Å². The summed E-state index contributed by atoms with van der Waals surface area (Å²) in [6.45, 7) is 2.04. The van der Waals surface area contributed by atoms with Crippen LogP contribution in [0.2, 0.25) is 0 Å². The van der Waals surface area contributed by atoms with E-state index in [0.29, 0.717) is 22.6 Å². The highest BCUT2D eigenvalue weighted by molar-refractivity contribution is 5.52. The Hall–Kier alpha value is -2.40. The lowest BCUT2D eigenvalue weighted by Crippen LogP contribution is -2.24.